The second kappa shape index (κ2) is 9.11. The number of ether oxygens (including phenoxy) is 1. The number of rotatable bonds is 4. The monoisotopic (exact) mass is 373 g/mol. The van der Waals surface area contributed by atoms with Crippen molar-refractivity contribution in [1.82, 2.24) is 10.2 Å². The fourth-order valence-electron chi connectivity index (χ4n) is 4.05. The van der Waals surface area contributed by atoms with Crippen molar-refractivity contribution in [3.8, 4) is 5.75 Å². The van der Waals surface area contributed by atoms with E-state index in [1.807, 2.05) is 24.3 Å². The summed E-state index contributed by atoms with van der Waals surface area (Å²) in [5.41, 5.74) is 0.743. The molecule has 1 aromatic rings. The van der Waals surface area contributed by atoms with E-state index in [9.17, 15) is 9.59 Å². The molecule has 0 unspecified atom stereocenters. The molecular formula is C21H31N3O3. The van der Waals surface area contributed by atoms with Crippen LogP contribution in [0.4, 0.5) is 10.5 Å². The lowest BCUT2D eigenvalue weighted by atomic mass is 9.85. The Labute approximate surface area is 161 Å². The number of hydrogen-bond acceptors (Lipinski definition) is 3. The predicted molar refractivity (Wildman–Crippen MR) is 106 cm³/mol. The maximum atomic E-state index is 12.6. The predicted octanol–water partition coefficient (Wildman–Crippen LogP) is 3.63. The van der Waals surface area contributed by atoms with Gasteiger partial charge in [-0.05, 0) is 55.9 Å². The molecule has 1 heterocycles. The lowest BCUT2D eigenvalue weighted by Gasteiger charge is -2.34. The number of amides is 3. The molecule has 2 aliphatic rings. The van der Waals surface area contributed by atoms with E-state index in [2.05, 4.69) is 17.6 Å². The summed E-state index contributed by atoms with van der Waals surface area (Å²) in [5.74, 6) is 1.51. The highest BCUT2D eigenvalue weighted by atomic mass is 16.5. The van der Waals surface area contributed by atoms with Crippen molar-refractivity contribution in [2.45, 2.75) is 51.5 Å². The lowest BCUT2D eigenvalue weighted by molar-refractivity contribution is -0.127. The van der Waals surface area contributed by atoms with Gasteiger partial charge in [-0.15, -0.1) is 0 Å². The maximum absolute atomic E-state index is 12.6. The Kier molecular flexibility index (Phi) is 6.58. The molecule has 1 aliphatic heterocycles. The number of anilines is 1. The van der Waals surface area contributed by atoms with Crippen LogP contribution in [0.5, 0.6) is 5.75 Å². The normalized spacial score (nSPS) is 23.6. The molecule has 27 heavy (non-hydrogen) atoms. The molecule has 1 aromatic carbocycles. The Morgan fingerprint density at radius 3 is 2.33 bits per heavy atom. The zero-order valence-electron chi connectivity index (χ0n) is 16.4. The van der Waals surface area contributed by atoms with Crippen molar-refractivity contribution in [2.24, 2.45) is 11.8 Å². The van der Waals surface area contributed by atoms with Gasteiger partial charge in [-0.1, -0.05) is 19.8 Å². The summed E-state index contributed by atoms with van der Waals surface area (Å²) < 4.78 is 5.12. The Hall–Kier alpha value is -2.24. The van der Waals surface area contributed by atoms with Crippen LogP contribution in [-0.2, 0) is 4.79 Å². The number of likely N-dealkylation sites (tertiary alicyclic amines) is 1. The zero-order valence-corrected chi connectivity index (χ0v) is 16.4. The van der Waals surface area contributed by atoms with Crippen molar-refractivity contribution in [1.29, 1.82) is 0 Å². The van der Waals surface area contributed by atoms with Gasteiger partial charge in [0, 0.05) is 30.7 Å². The first-order valence-electron chi connectivity index (χ1n) is 10.1. The van der Waals surface area contributed by atoms with E-state index in [1.54, 1.807) is 12.0 Å². The second-order valence-corrected chi connectivity index (χ2v) is 7.80. The first-order valence-corrected chi connectivity index (χ1v) is 10.1. The number of hydrogen-bond donors (Lipinski definition) is 2. The average molecular weight is 373 g/mol. The highest BCUT2D eigenvalue weighted by Crippen LogP contribution is 2.25. The van der Waals surface area contributed by atoms with Crippen LogP contribution in [0.1, 0.15) is 45.4 Å². The van der Waals surface area contributed by atoms with Gasteiger partial charge in [0.1, 0.15) is 5.75 Å². The SMILES string of the molecule is COc1ccc(NC(=O)N2CCC(C(=O)N[C@@H]3CCCC[C@H]3C)CC2)cc1. The minimum Gasteiger partial charge on any atom is -0.497 e. The van der Waals surface area contributed by atoms with Gasteiger partial charge in [-0.2, -0.15) is 0 Å². The smallest absolute Gasteiger partial charge is 0.321 e. The summed E-state index contributed by atoms with van der Waals surface area (Å²) in [6.07, 6.45) is 6.23. The van der Waals surface area contributed by atoms with E-state index in [1.165, 1.54) is 19.3 Å². The van der Waals surface area contributed by atoms with Gasteiger partial charge in [0.15, 0.2) is 0 Å². The zero-order chi connectivity index (χ0) is 19.2. The topological polar surface area (TPSA) is 70.7 Å². The third kappa shape index (κ3) is 5.15. The summed E-state index contributed by atoms with van der Waals surface area (Å²) in [6.45, 7) is 3.46. The molecular weight excluding hydrogens is 342 g/mol. The van der Waals surface area contributed by atoms with E-state index < -0.39 is 0 Å². The van der Waals surface area contributed by atoms with Crippen LogP contribution in [0.25, 0.3) is 0 Å². The number of nitrogens with one attached hydrogen (secondary N) is 2. The Bertz CT molecular complexity index is 639. The van der Waals surface area contributed by atoms with E-state index in [0.29, 0.717) is 25.0 Å². The van der Waals surface area contributed by atoms with Gasteiger partial charge in [0.05, 0.1) is 7.11 Å². The molecule has 3 rings (SSSR count). The molecule has 0 bridgehead atoms. The standard InChI is InChI=1S/C21H31N3O3/c1-15-5-3-4-6-19(15)23-20(25)16-11-13-24(14-12-16)21(26)22-17-7-9-18(27-2)10-8-17/h7-10,15-16,19H,3-6,11-14H2,1-2H3,(H,22,26)(H,23,25)/t15-,19-/m1/s1. The van der Waals surface area contributed by atoms with Crippen molar-refractivity contribution in [3.63, 3.8) is 0 Å². The van der Waals surface area contributed by atoms with Crippen LogP contribution in [0.15, 0.2) is 24.3 Å². The lowest BCUT2D eigenvalue weighted by Crippen LogP contribution is -2.48. The minimum absolute atomic E-state index is 0.0177. The Morgan fingerprint density at radius 2 is 1.70 bits per heavy atom. The summed E-state index contributed by atoms with van der Waals surface area (Å²) in [4.78, 5) is 26.8. The Balaban J connectivity index is 1.44. The first-order chi connectivity index (χ1) is 13.1. The molecule has 1 aliphatic carbocycles. The Morgan fingerprint density at radius 1 is 1.04 bits per heavy atom. The van der Waals surface area contributed by atoms with Crippen LogP contribution >= 0.6 is 0 Å². The molecule has 2 fully saturated rings. The summed E-state index contributed by atoms with van der Waals surface area (Å²) in [7, 11) is 1.61. The van der Waals surface area contributed by atoms with E-state index >= 15 is 0 Å². The van der Waals surface area contributed by atoms with Gasteiger partial charge in [-0.3, -0.25) is 4.79 Å². The molecule has 2 N–H and O–H groups in total. The van der Waals surface area contributed by atoms with Crippen LogP contribution in [0, 0.1) is 11.8 Å². The number of urea groups is 1. The summed E-state index contributed by atoms with van der Waals surface area (Å²) in [6, 6.07) is 7.49. The van der Waals surface area contributed by atoms with Crippen molar-refractivity contribution >= 4 is 17.6 Å². The molecule has 1 saturated carbocycles. The maximum Gasteiger partial charge on any atom is 0.321 e. The highest BCUT2D eigenvalue weighted by molar-refractivity contribution is 5.89. The van der Waals surface area contributed by atoms with E-state index in [0.717, 1.165) is 30.7 Å². The number of nitrogens with zero attached hydrogens (tertiary/aromatic N) is 1. The third-order valence-electron chi connectivity index (χ3n) is 5.93. The fraction of sp³-hybridized carbons (Fsp3) is 0.619. The number of piperidine rings is 1. The quantitative estimate of drug-likeness (QED) is 0.847. The molecule has 0 spiro atoms. The van der Waals surface area contributed by atoms with Crippen LogP contribution in [0.3, 0.4) is 0 Å². The van der Waals surface area contributed by atoms with Gasteiger partial charge in [-0.25, -0.2) is 4.79 Å². The molecule has 3 amide bonds. The molecule has 0 aromatic heterocycles. The molecule has 0 radical (unpaired) electrons. The van der Waals surface area contributed by atoms with Crippen molar-refractivity contribution in [3.05, 3.63) is 24.3 Å². The average Bonchev–Trinajstić information content (AvgIpc) is 2.70. The van der Waals surface area contributed by atoms with Crippen LogP contribution < -0.4 is 15.4 Å². The minimum atomic E-state index is -0.111. The number of methoxy groups -OCH3 is 1. The molecule has 6 nitrogen and oxygen atoms in total. The van der Waals surface area contributed by atoms with Crippen molar-refractivity contribution < 1.29 is 14.3 Å². The fourth-order valence-corrected chi connectivity index (χ4v) is 4.05. The summed E-state index contributed by atoms with van der Waals surface area (Å²) in [5, 5.41) is 6.17. The number of carbonyl (C=O) groups excluding carboxylic acids is 2. The third-order valence-corrected chi connectivity index (χ3v) is 5.93. The van der Waals surface area contributed by atoms with E-state index in [4.69, 9.17) is 4.74 Å². The number of benzene rings is 1. The molecule has 2 atom stereocenters. The summed E-state index contributed by atoms with van der Waals surface area (Å²) >= 11 is 0. The van der Waals surface area contributed by atoms with Crippen molar-refractivity contribution in [2.75, 3.05) is 25.5 Å². The van der Waals surface area contributed by atoms with Gasteiger partial charge in [0.2, 0.25) is 5.91 Å². The van der Waals surface area contributed by atoms with Gasteiger partial charge < -0.3 is 20.3 Å². The highest BCUT2D eigenvalue weighted by Gasteiger charge is 2.30. The first kappa shape index (κ1) is 19.5. The van der Waals surface area contributed by atoms with Gasteiger partial charge >= 0.3 is 6.03 Å². The number of carbonyl (C=O) groups is 2. The van der Waals surface area contributed by atoms with Crippen LogP contribution in [0.2, 0.25) is 0 Å². The van der Waals surface area contributed by atoms with Crippen LogP contribution in [-0.4, -0.2) is 43.1 Å². The largest absolute Gasteiger partial charge is 0.497 e. The molecule has 1 saturated heterocycles. The second-order valence-electron chi connectivity index (χ2n) is 7.80. The molecule has 148 valence electrons. The van der Waals surface area contributed by atoms with E-state index in [-0.39, 0.29) is 17.9 Å². The van der Waals surface area contributed by atoms with Gasteiger partial charge in [0.25, 0.3) is 0 Å². The molecule has 6 heteroatoms.